The number of thioether (sulfide) groups is 1. The van der Waals surface area contributed by atoms with Crippen molar-refractivity contribution in [2.75, 3.05) is 11.9 Å². The zero-order chi connectivity index (χ0) is 26.5. The van der Waals surface area contributed by atoms with Crippen LogP contribution in [0.5, 0.6) is 11.5 Å². The monoisotopic (exact) mass is 588 g/mol. The van der Waals surface area contributed by atoms with Crippen LogP contribution >= 0.6 is 27.7 Å². The molecule has 38 heavy (non-hydrogen) atoms. The normalized spacial score (nSPS) is 16.0. The second-order valence-electron chi connectivity index (χ2n) is 8.86. The molecule has 7 heteroatoms. The molecule has 4 aromatic rings. The first-order valence-electron chi connectivity index (χ1n) is 12.6. The molecule has 2 N–H and O–H groups in total. The molecule has 1 atom stereocenters. The van der Waals surface area contributed by atoms with Crippen LogP contribution in [0.3, 0.4) is 0 Å². The third-order valence-electron chi connectivity index (χ3n) is 6.27. The minimum atomic E-state index is -0.237. The molecule has 0 bridgehead atoms. The Labute approximate surface area is 235 Å². The lowest BCUT2D eigenvalue weighted by Crippen LogP contribution is -2.30. The molecule has 0 radical (unpaired) electrons. The van der Waals surface area contributed by atoms with Crippen molar-refractivity contribution in [2.45, 2.75) is 32.4 Å². The number of aryl methyl sites for hydroxylation is 1. The van der Waals surface area contributed by atoms with Gasteiger partial charge in [0.15, 0.2) is 17.0 Å². The Balaban J connectivity index is 1.33. The van der Waals surface area contributed by atoms with Crippen molar-refractivity contribution >= 4 is 56.1 Å². The maximum absolute atomic E-state index is 12.7. The maximum atomic E-state index is 12.7. The Morgan fingerprint density at radius 2 is 1.79 bits per heavy atom. The van der Waals surface area contributed by atoms with E-state index in [4.69, 9.17) is 9.47 Å². The van der Waals surface area contributed by atoms with Gasteiger partial charge in [-0.15, -0.1) is 0 Å². The van der Waals surface area contributed by atoms with E-state index in [-0.39, 0.29) is 11.4 Å². The zero-order valence-electron chi connectivity index (χ0n) is 21.3. The highest BCUT2D eigenvalue weighted by molar-refractivity contribution is 9.10. The van der Waals surface area contributed by atoms with Crippen LogP contribution in [0, 0.1) is 0 Å². The van der Waals surface area contributed by atoms with Gasteiger partial charge in [0.1, 0.15) is 6.61 Å². The first-order chi connectivity index (χ1) is 18.5. The first kappa shape index (κ1) is 26.2. The summed E-state index contributed by atoms with van der Waals surface area (Å²) in [4.78, 5) is 13.3. The number of hydrogen-bond donors (Lipinski definition) is 2. The number of anilines is 1. The Morgan fingerprint density at radius 3 is 2.58 bits per heavy atom. The minimum absolute atomic E-state index is 0.108. The van der Waals surface area contributed by atoms with E-state index in [9.17, 15) is 4.79 Å². The average Bonchev–Trinajstić information content (AvgIpc) is 3.26. The summed E-state index contributed by atoms with van der Waals surface area (Å²) in [6, 6.07) is 26.6. The Bertz CT molecular complexity index is 1480. The van der Waals surface area contributed by atoms with Crippen LogP contribution in [-0.4, -0.2) is 18.0 Å². The number of halogens is 1. The van der Waals surface area contributed by atoms with Gasteiger partial charge in [-0.1, -0.05) is 73.3 Å². The average molecular weight is 590 g/mol. The predicted octanol–water partition coefficient (Wildman–Crippen LogP) is 7.74. The summed E-state index contributed by atoms with van der Waals surface area (Å²) in [6.07, 6.45) is 2.87. The molecule has 1 amide bonds. The summed E-state index contributed by atoms with van der Waals surface area (Å²) in [5.41, 5.74) is 3.96. The predicted molar refractivity (Wildman–Crippen MR) is 161 cm³/mol. The van der Waals surface area contributed by atoms with E-state index in [1.165, 1.54) is 28.1 Å². The molecule has 194 valence electrons. The Kier molecular flexibility index (Phi) is 8.25. The zero-order valence-corrected chi connectivity index (χ0v) is 23.7. The van der Waals surface area contributed by atoms with Gasteiger partial charge in [-0.2, -0.15) is 0 Å². The first-order valence-corrected chi connectivity index (χ1v) is 14.3. The number of carbonyl (C=O) groups excluding carboxylic acids is 1. The SMILES string of the molecule is CCOc1cc(/C=C2\S[C@@H](Nc3ccc(CC)cc3)NC2=O)cc(Br)c1OCc1cccc2ccccc12. The number of rotatable bonds is 9. The van der Waals surface area contributed by atoms with E-state index in [0.717, 1.165) is 27.7 Å². The lowest BCUT2D eigenvalue weighted by molar-refractivity contribution is -0.116. The number of amides is 1. The van der Waals surface area contributed by atoms with E-state index < -0.39 is 0 Å². The van der Waals surface area contributed by atoms with Crippen LogP contribution in [0.2, 0.25) is 0 Å². The molecule has 0 spiro atoms. The summed E-state index contributed by atoms with van der Waals surface area (Å²) in [5.74, 6) is 1.16. The van der Waals surface area contributed by atoms with E-state index >= 15 is 0 Å². The molecule has 1 saturated heterocycles. The molecule has 1 fully saturated rings. The van der Waals surface area contributed by atoms with Crippen molar-refractivity contribution in [3.8, 4) is 11.5 Å². The number of ether oxygens (including phenoxy) is 2. The smallest absolute Gasteiger partial charge is 0.260 e. The van der Waals surface area contributed by atoms with Gasteiger partial charge in [0.2, 0.25) is 0 Å². The van der Waals surface area contributed by atoms with Crippen LogP contribution in [0.25, 0.3) is 16.8 Å². The fourth-order valence-electron chi connectivity index (χ4n) is 4.35. The lowest BCUT2D eigenvalue weighted by Gasteiger charge is -2.16. The lowest BCUT2D eigenvalue weighted by atomic mass is 10.1. The third kappa shape index (κ3) is 6.00. The van der Waals surface area contributed by atoms with Crippen LogP contribution in [0.4, 0.5) is 5.69 Å². The van der Waals surface area contributed by atoms with Gasteiger partial charge in [0.05, 0.1) is 16.0 Å². The van der Waals surface area contributed by atoms with Gasteiger partial charge in [0.25, 0.3) is 5.91 Å². The summed E-state index contributed by atoms with van der Waals surface area (Å²) in [5, 5.41) is 8.71. The van der Waals surface area contributed by atoms with Crippen LogP contribution in [0.1, 0.15) is 30.5 Å². The highest BCUT2D eigenvalue weighted by Gasteiger charge is 2.27. The molecule has 0 aliphatic carbocycles. The van der Waals surface area contributed by atoms with Crippen molar-refractivity contribution in [3.63, 3.8) is 0 Å². The van der Waals surface area contributed by atoms with Crippen LogP contribution < -0.4 is 20.1 Å². The van der Waals surface area contributed by atoms with Crippen LogP contribution in [-0.2, 0) is 17.8 Å². The fraction of sp³-hybridized carbons (Fsp3) is 0.194. The number of benzene rings is 4. The van der Waals surface area contributed by atoms with Crippen molar-refractivity contribution in [2.24, 2.45) is 0 Å². The molecule has 0 saturated carbocycles. The van der Waals surface area contributed by atoms with E-state index in [2.05, 4.69) is 69.9 Å². The number of fused-ring (bicyclic) bond motifs is 1. The number of nitrogens with one attached hydrogen (secondary N) is 2. The summed E-state index contributed by atoms with van der Waals surface area (Å²) in [6.45, 7) is 4.98. The van der Waals surface area contributed by atoms with Gasteiger partial charge in [-0.05, 0) is 87.1 Å². The van der Waals surface area contributed by atoms with Gasteiger partial charge in [-0.25, -0.2) is 0 Å². The van der Waals surface area contributed by atoms with E-state index in [1.807, 2.05) is 55.5 Å². The topological polar surface area (TPSA) is 59.6 Å². The highest BCUT2D eigenvalue weighted by Crippen LogP contribution is 2.39. The quantitative estimate of drug-likeness (QED) is 0.196. The summed E-state index contributed by atoms with van der Waals surface area (Å²) in [7, 11) is 0. The Hall–Kier alpha value is -3.42. The molecule has 5 rings (SSSR count). The molecule has 1 aliphatic heterocycles. The van der Waals surface area contributed by atoms with Gasteiger partial charge >= 0.3 is 0 Å². The molecular formula is C31H29BrN2O3S. The summed E-state index contributed by atoms with van der Waals surface area (Å²) >= 11 is 5.13. The molecule has 0 aromatic heterocycles. The van der Waals surface area contributed by atoms with Gasteiger partial charge in [0, 0.05) is 5.69 Å². The molecule has 1 heterocycles. The van der Waals surface area contributed by atoms with Crippen molar-refractivity contribution < 1.29 is 14.3 Å². The standard InChI is InChI=1S/C31H29BrN2O3S/c1-3-20-12-14-24(15-13-20)33-31-34-30(35)28(38-31)18-21-16-26(32)29(27(17-21)36-4-2)37-19-23-10-7-9-22-8-5-6-11-25(22)23/h5-18,31,33H,3-4,19H2,1-2H3,(H,34,35)/b28-18-/t31-/m0/s1. The number of hydrogen-bond acceptors (Lipinski definition) is 5. The molecule has 5 nitrogen and oxygen atoms in total. The summed E-state index contributed by atoms with van der Waals surface area (Å²) < 4.78 is 13.0. The maximum Gasteiger partial charge on any atom is 0.260 e. The van der Waals surface area contributed by atoms with Crippen molar-refractivity contribution in [1.29, 1.82) is 0 Å². The minimum Gasteiger partial charge on any atom is -0.490 e. The van der Waals surface area contributed by atoms with Gasteiger partial charge < -0.3 is 20.1 Å². The highest BCUT2D eigenvalue weighted by atomic mass is 79.9. The molecule has 1 aliphatic rings. The van der Waals surface area contributed by atoms with Crippen molar-refractivity contribution in [3.05, 3.63) is 105 Å². The second kappa shape index (κ2) is 12.0. The van der Waals surface area contributed by atoms with E-state index in [0.29, 0.717) is 29.6 Å². The van der Waals surface area contributed by atoms with Crippen LogP contribution in [0.15, 0.2) is 88.2 Å². The number of carbonyl (C=O) groups is 1. The largest absolute Gasteiger partial charge is 0.490 e. The molecule has 0 unspecified atom stereocenters. The second-order valence-corrected chi connectivity index (χ2v) is 10.9. The van der Waals surface area contributed by atoms with Crippen molar-refractivity contribution in [1.82, 2.24) is 5.32 Å². The fourth-order valence-corrected chi connectivity index (χ4v) is 5.91. The molecular weight excluding hydrogens is 560 g/mol. The molecule has 4 aromatic carbocycles. The Morgan fingerprint density at radius 1 is 1.00 bits per heavy atom. The van der Waals surface area contributed by atoms with Gasteiger partial charge in [-0.3, -0.25) is 4.79 Å². The van der Waals surface area contributed by atoms with E-state index in [1.54, 1.807) is 0 Å². The third-order valence-corrected chi connectivity index (χ3v) is 7.89.